The topological polar surface area (TPSA) is 56.5 Å². The molecule has 146 valence electrons. The van der Waals surface area contributed by atoms with Gasteiger partial charge in [0.05, 0.1) is 23.7 Å². The Labute approximate surface area is 177 Å². The molecule has 7 heteroatoms. The molecule has 0 fully saturated rings. The van der Waals surface area contributed by atoms with Gasteiger partial charge in [-0.15, -0.1) is 0 Å². The number of benzene rings is 2. The lowest BCUT2D eigenvalue weighted by Gasteiger charge is -2.14. The lowest BCUT2D eigenvalue weighted by molar-refractivity contribution is 0.340. The summed E-state index contributed by atoms with van der Waals surface area (Å²) in [7, 11) is 0. The summed E-state index contributed by atoms with van der Waals surface area (Å²) >= 11 is 9.54. The Morgan fingerprint density at radius 3 is 2.79 bits per heavy atom. The van der Waals surface area contributed by atoms with Crippen molar-refractivity contribution in [1.29, 1.82) is 0 Å². The second kappa shape index (κ2) is 8.88. The van der Waals surface area contributed by atoms with E-state index in [9.17, 15) is 4.79 Å². The fraction of sp³-hybridized carbons (Fsp3) is 0.286. The number of hydrogen-bond donors (Lipinski definition) is 0. The highest BCUT2D eigenvalue weighted by Crippen LogP contribution is 2.23. The molecule has 0 aliphatic rings. The molecule has 0 bridgehead atoms. The standard InChI is InChI=1S/C21H21BrClN3O2/c1-4-13(3)20-25-18-8-6-15(22)11-17(18)21(27)26(20)24-12-14-10-16(23)7-9-19(14)28-5-2/h6-13H,4-5H2,1-3H3/t13-/m1/s1. The molecule has 1 atom stereocenters. The summed E-state index contributed by atoms with van der Waals surface area (Å²) in [6.07, 6.45) is 2.43. The van der Waals surface area contributed by atoms with E-state index in [-0.39, 0.29) is 11.5 Å². The molecule has 0 spiro atoms. The maximum atomic E-state index is 13.2. The smallest absolute Gasteiger partial charge is 0.282 e. The van der Waals surface area contributed by atoms with Gasteiger partial charge in [0, 0.05) is 21.0 Å². The number of ether oxygens (including phenoxy) is 1. The van der Waals surface area contributed by atoms with E-state index >= 15 is 0 Å². The average Bonchev–Trinajstić information content (AvgIpc) is 2.69. The van der Waals surface area contributed by atoms with Crippen molar-refractivity contribution in [2.45, 2.75) is 33.1 Å². The predicted octanol–water partition coefficient (Wildman–Crippen LogP) is 5.61. The van der Waals surface area contributed by atoms with E-state index in [1.54, 1.807) is 30.5 Å². The normalized spacial score (nSPS) is 12.6. The molecule has 3 rings (SSSR count). The van der Waals surface area contributed by atoms with Crippen molar-refractivity contribution < 1.29 is 4.74 Å². The van der Waals surface area contributed by atoms with E-state index in [0.717, 1.165) is 10.9 Å². The lowest BCUT2D eigenvalue weighted by atomic mass is 10.1. The van der Waals surface area contributed by atoms with Crippen LogP contribution in [0.15, 0.2) is 50.8 Å². The predicted molar refractivity (Wildman–Crippen MR) is 118 cm³/mol. The van der Waals surface area contributed by atoms with E-state index in [1.807, 2.05) is 26.0 Å². The van der Waals surface area contributed by atoms with Crippen LogP contribution in [0.25, 0.3) is 10.9 Å². The van der Waals surface area contributed by atoms with E-state index in [0.29, 0.717) is 39.7 Å². The molecule has 2 aromatic carbocycles. The molecular formula is C21H21BrClN3O2. The Kier molecular flexibility index (Phi) is 6.52. The van der Waals surface area contributed by atoms with Crippen LogP contribution in [0.5, 0.6) is 5.75 Å². The van der Waals surface area contributed by atoms with E-state index < -0.39 is 0 Å². The maximum Gasteiger partial charge on any atom is 0.282 e. The van der Waals surface area contributed by atoms with Gasteiger partial charge in [0.15, 0.2) is 0 Å². The van der Waals surface area contributed by atoms with E-state index in [4.69, 9.17) is 21.3 Å². The maximum absolute atomic E-state index is 13.2. The van der Waals surface area contributed by atoms with Crippen LogP contribution < -0.4 is 10.3 Å². The lowest BCUT2D eigenvalue weighted by Crippen LogP contribution is -2.23. The molecule has 0 radical (unpaired) electrons. The third-order valence-electron chi connectivity index (χ3n) is 4.47. The molecule has 1 heterocycles. The summed E-state index contributed by atoms with van der Waals surface area (Å²) < 4.78 is 7.83. The van der Waals surface area contributed by atoms with Crippen molar-refractivity contribution in [2.24, 2.45) is 5.10 Å². The monoisotopic (exact) mass is 461 g/mol. The zero-order valence-electron chi connectivity index (χ0n) is 15.9. The Hall–Kier alpha value is -2.18. The number of hydrogen-bond acceptors (Lipinski definition) is 4. The van der Waals surface area contributed by atoms with Gasteiger partial charge in [0.25, 0.3) is 5.56 Å². The first-order valence-electron chi connectivity index (χ1n) is 9.13. The van der Waals surface area contributed by atoms with Crippen LogP contribution in [0.2, 0.25) is 5.02 Å². The summed E-state index contributed by atoms with van der Waals surface area (Å²) in [6, 6.07) is 10.8. The minimum absolute atomic E-state index is 0.0728. The molecule has 0 saturated heterocycles. The Bertz CT molecular complexity index is 1090. The number of nitrogens with zero attached hydrogens (tertiary/aromatic N) is 3. The molecule has 28 heavy (non-hydrogen) atoms. The van der Waals surface area contributed by atoms with Gasteiger partial charge >= 0.3 is 0 Å². The van der Waals surface area contributed by atoms with Crippen molar-refractivity contribution in [3.05, 3.63) is 67.6 Å². The molecule has 0 saturated carbocycles. The third-order valence-corrected chi connectivity index (χ3v) is 5.20. The summed E-state index contributed by atoms with van der Waals surface area (Å²) in [5.41, 5.74) is 1.15. The van der Waals surface area contributed by atoms with Gasteiger partial charge in [-0.25, -0.2) is 4.98 Å². The van der Waals surface area contributed by atoms with Gasteiger partial charge in [-0.05, 0) is 49.7 Å². The minimum atomic E-state index is -0.210. The van der Waals surface area contributed by atoms with Crippen LogP contribution in [0.3, 0.4) is 0 Å². The van der Waals surface area contributed by atoms with Gasteiger partial charge < -0.3 is 4.74 Å². The third kappa shape index (κ3) is 4.28. The summed E-state index contributed by atoms with van der Waals surface area (Å²) in [6.45, 7) is 6.52. The van der Waals surface area contributed by atoms with Crippen LogP contribution in [-0.2, 0) is 0 Å². The highest BCUT2D eigenvalue weighted by atomic mass is 79.9. The highest BCUT2D eigenvalue weighted by molar-refractivity contribution is 9.10. The van der Waals surface area contributed by atoms with E-state index in [2.05, 4.69) is 28.0 Å². The van der Waals surface area contributed by atoms with Crippen molar-refractivity contribution in [3.8, 4) is 5.75 Å². The van der Waals surface area contributed by atoms with Crippen LogP contribution in [0.4, 0.5) is 0 Å². The molecule has 0 aliphatic carbocycles. The molecule has 0 aliphatic heterocycles. The molecule has 0 amide bonds. The summed E-state index contributed by atoms with van der Waals surface area (Å²) in [5.74, 6) is 1.35. The zero-order valence-corrected chi connectivity index (χ0v) is 18.3. The van der Waals surface area contributed by atoms with Crippen LogP contribution in [0, 0.1) is 0 Å². The summed E-state index contributed by atoms with van der Waals surface area (Å²) in [4.78, 5) is 17.9. The first-order valence-corrected chi connectivity index (χ1v) is 10.3. The van der Waals surface area contributed by atoms with Gasteiger partial charge in [0.2, 0.25) is 0 Å². The largest absolute Gasteiger partial charge is 0.493 e. The minimum Gasteiger partial charge on any atom is -0.493 e. The fourth-order valence-electron chi connectivity index (χ4n) is 2.81. The first kappa shape index (κ1) is 20.6. The van der Waals surface area contributed by atoms with Gasteiger partial charge in [-0.3, -0.25) is 4.79 Å². The number of fused-ring (bicyclic) bond motifs is 1. The Morgan fingerprint density at radius 1 is 1.29 bits per heavy atom. The second-order valence-electron chi connectivity index (χ2n) is 6.42. The van der Waals surface area contributed by atoms with Crippen LogP contribution in [0.1, 0.15) is 44.5 Å². The molecule has 5 nitrogen and oxygen atoms in total. The van der Waals surface area contributed by atoms with Crippen molar-refractivity contribution in [2.75, 3.05) is 6.61 Å². The quantitative estimate of drug-likeness (QED) is 0.448. The summed E-state index contributed by atoms with van der Waals surface area (Å²) in [5, 5.41) is 5.55. The molecule has 0 unspecified atom stereocenters. The number of halogens is 2. The molecule has 0 N–H and O–H groups in total. The van der Waals surface area contributed by atoms with E-state index in [1.165, 1.54) is 4.68 Å². The van der Waals surface area contributed by atoms with Gasteiger partial charge in [0.1, 0.15) is 11.6 Å². The van der Waals surface area contributed by atoms with Crippen molar-refractivity contribution >= 4 is 44.6 Å². The SMILES string of the molecule is CCOc1ccc(Cl)cc1C=Nn1c([C@H](C)CC)nc2ccc(Br)cc2c1=O. The van der Waals surface area contributed by atoms with Gasteiger partial charge in [-0.2, -0.15) is 9.78 Å². The number of aromatic nitrogens is 2. The number of rotatable bonds is 6. The molecule has 3 aromatic rings. The molecular weight excluding hydrogens is 442 g/mol. The highest BCUT2D eigenvalue weighted by Gasteiger charge is 2.15. The van der Waals surface area contributed by atoms with Crippen molar-refractivity contribution in [3.63, 3.8) is 0 Å². The second-order valence-corrected chi connectivity index (χ2v) is 7.77. The van der Waals surface area contributed by atoms with Crippen LogP contribution >= 0.6 is 27.5 Å². The zero-order chi connectivity index (χ0) is 20.3. The Balaban J connectivity index is 2.19. The Morgan fingerprint density at radius 2 is 2.07 bits per heavy atom. The first-order chi connectivity index (χ1) is 13.4. The average molecular weight is 463 g/mol. The van der Waals surface area contributed by atoms with Crippen LogP contribution in [-0.4, -0.2) is 22.5 Å². The van der Waals surface area contributed by atoms with Crippen molar-refractivity contribution in [1.82, 2.24) is 9.66 Å². The molecule has 1 aromatic heterocycles. The van der Waals surface area contributed by atoms with Gasteiger partial charge in [-0.1, -0.05) is 41.4 Å². The fourth-order valence-corrected chi connectivity index (χ4v) is 3.35.